The predicted molar refractivity (Wildman–Crippen MR) is 64.3 cm³/mol. The zero-order chi connectivity index (χ0) is 11.6. The minimum Gasteiger partial charge on any atom is -0.396 e. The summed E-state index contributed by atoms with van der Waals surface area (Å²) < 4.78 is 5.40. The van der Waals surface area contributed by atoms with Gasteiger partial charge < -0.3 is 14.7 Å². The van der Waals surface area contributed by atoms with Crippen molar-refractivity contribution >= 4 is 0 Å². The number of hydrogen-bond acceptors (Lipinski definition) is 3. The van der Waals surface area contributed by atoms with Crippen LogP contribution >= 0.6 is 0 Å². The first-order valence-electron chi connectivity index (χ1n) is 6.56. The summed E-state index contributed by atoms with van der Waals surface area (Å²) in [6, 6.07) is 0. The molecule has 2 fully saturated rings. The minimum atomic E-state index is 0.113. The third kappa shape index (κ3) is 2.58. The van der Waals surface area contributed by atoms with Gasteiger partial charge in [0.15, 0.2) is 0 Å². The number of rotatable bonds is 3. The lowest BCUT2D eigenvalue weighted by Crippen LogP contribution is -2.43. The third-order valence-corrected chi connectivity index (χ3v) is 4.51. The maximum absolute atomic E-state index is 9.65. The Bertz CT molecular complexity index is 216. The van der Waals surface area contributed by atoms with Crippen LogP contribution in [0.4, 0.5) is 0 Å². The summed E-state index contributed by atoms with van der Waals surface area (Å²) in [6.45, 7) is 10.1. The molecule has 0 aromatic carbocycles. The lowest BCUT2D eigenvalue weighted by molar-refractivity contribution is -0.0318. The van der Waals surface area contributed by atoms with E-state index < -0.39 is 0 Å². The van der Waals surface area contributed by atoms with Crippen molar-refractivity contribution in [2.75, 3.05) is 39.5 Å². The van der Waals surface area contributed by atoms with Gasteiger partial charge in [-0.15, -0.1) is 0 Å². The number of aliphatic hydroxyl groups excluding tert-OH is 1. The second kappa shape index (κ2) is 5.03. The Morgan fingerprint density at radius 1 is 1.19 bits per heavy atom. The van der Waals surface area contributed by atoms with E-state index in [1.807, 2.05) is 0 Å². The van der Waals surface area contributed by atoms with Crippen LogP contribution in [0.3, 0.4) is 0 Å². The number of aliphatic hydroxyl groups is 1. The molecule has 0 aliphatic carbocycles. The normalized spacial score (nSPS) is 35.4. The number of likely N-dealkylation sites (tertiary alicyclic amines) is 1. The Morgan fingerprint density at radius 3 is 2.25 bits per heavy atom. The maximum atomic E-state index is 9.65. The first-order valence-corrected chi connectivity index (χ1v) is 6.56. The fourth-order valence-electron chi connectivity index (χ4n) is 3.02. The average Bonchev–Trinajstić information content (AvgIpc) is 2.59. The zero-order valence-corrected chi connectivity index (χ0v) is 10.6. The Kier molecular flexibility index (Phi) is 3.88. The van der Waals surface area contributed by atoms with Gasteiger partial charge in [0.05, 0.1) is 6.61 Å². The van der Waals surface area contributed by atoms with Crippen LogP contribution in [0.15, 0.2) is 0 Å². The summed E-state index contributed by atoms with van der Waals surface area (Å²) in [5.41, 5.74) is 0.113. The highest BCUT2D eigenvalue weighted by molar-refractivity contribution is 4.88. The van der Waals surface area contributed by atoms with Crippen molar-refractivity contribution in [3.8, 4) is 0 Å². The molecule has 0 saturated carbocycles. The van der Waals surface area contributed by atoms with Crippen LogP contribution in [0, 0.1) is 17.3 Å². The van der Waals surface area contributed by atoms with E-state index >= 15 is 0 Å². The van der Waals surface area contributed by atoms with E-state index in [9.17, 15) is 5.11 Å². The van der Waals surface area contributed by atoms with Crippen LogP contribution < -0.4 is 0 Å². The average molecular weight is 227 g/mol. The lowest BCUT2D eigenvalue weighted by Gasteiger charge is -2.38. The van der Waals surface area contributed by atoms with E-state index in [4.69, 9.17) is 4.74 Å². The van der Waals surface area contributed by atoms with Gasteiger partial charge in [-0.05, 0) is 24.7 Å². The van der Waals surface area contributed by atoms with Gasteiger partial charge in [0.25, 0.3) is 0 Å². The minimum absolute atomic E-state index is 0.113. The van der Waals surface area contributed by atoms with E-state index in [1.165, 1.54) is 13.1 Å². The third-order valence-electron chi connectivity index (χ3n) is 4.51. The molecule has 16 heavy (non-hydrogen) atoms. The standard InChI is InChI=1S/C13H25NO2/c1-11-7-14(8-12(11)2)9-13(10-15)3-5-16-6-4-13/h11-12,15H,3-10H2,1-2H3. The van der Waals surface area contributed by atoms with Gasteiger partial charge in [0.2, 0.25) is 0 Å². The Balaban J connectivity index is 1.91. The van der Waals surface area contributed by atoms with Gasteiger partial charge >= 0.3 is 0 Å². The van der Waals surface area contributed by atoms with Gasteiger partial charge in [-0.25, -0.2) is 0 Å². The van der Waals surface area contributed by atoms with Crippen LogP contribution in [0.1, 0.15) is 26.7 Å². The highest BCUT2D eigenvalue weighted by Gasteiger charge is 2.36. The number of nitrogens with zero attached hydrogens (tertiary/aromatic N) is 1. The molecule has 1 N–H and O–H groups in total. The molecule has 0 amide bonds. The quantitative estimate of drug-likeness (QED) is 0.790. The monoisotopic (exact) mass is 227 g/mol. The van der Waals surface area contributed by atoms with Crippen molar-refractivity contribution in [3.63, 3.8) is 0 Å². The SMILES string of the molecule is CC1CN(CC2(CO)CCOCC2)CC1C. The fourth-order valence-corrected chi connectivity index (χ4v) is 3.02. The number of ether oxygens (including phenoxy) is 1. The molecule has 0 radical (unpaired) electrons. The Hall–Kier alpha value is -0.120. The van der Waals surface area contributed by atoms with Gasteiger partial charge in [0.1, 0.15) is 0 Å². The van der Waals surface area contributed by atoms with E-state index in [0.717, 1.165) is 44.4 Å². The van der Waals surface area contributed by atoms with Gasteiger partial charge in [-0.2, -0.15) is 0 Å². The van der Waals surface area contributed by atoms with Crippen molar-refractivity contribution in [2.24, 2.45) is 17.3 Å². The van der Waals surface area contributed by atoms with Crippen molar-refractivity contribution in [3.05, 3.63) is 0 Å². The molecule has 0 bridgehead atoms. The van der Waals surface area contributed by atoms with E-state index in [1.54, 1.807) is 0 Å². The van der Waals surface area contributed by atoms with Gasteiger partial charge in [0, 0.05) is 38.3 Å². The van der Waals surface area contributed by atoms with E-state index in [-0.39, 0.29) is 5.41 Å². The van der Waals surface area contributed by atoms with Crippen molar-refractivity contribution < 1.29 is 9.84 Å². The lowest BCUT2D eigenvalue weighted by atomic mass is 9.80. The Labute approximate surface area is 98.8 Å². The summed E-state index contributed by atoms with van der Waals surface area (Å²) >= 11 is 0. The predicted octanol–water partition coefficient (Wildman–Crippen LogP) is 1.36. The van der Waals surface area contributed by atoms with E-state index in [0.29, 0.717) is 6.61 Å². The molecule has 2 atom stereocenters. The van der Waals surface area contributed by atoms with Crippen LogP contribution in [-0.4, -0.2) is 49.5 Å². The molecule has 2 saturated heterocycles. The topological polar surface area (TPSA) is 32.7 Å². The highest BCUT2D eigenvalue weighted by Crippen LogP contribution is 2.33. The molecule has 2 heterocycles. The molecule has 3 nitrogen and oxygen atoms in total. The second-order valence-electron chi connectivity index (χ2n) is 5.92. The largest absolute Gasteiger partial charge is 0.396 e. The molecule has 2 rings (SSSR count). The first-order chi connectivity index (χ1) is 7.65. The maximum Gasteiger partial charge on any atom is 0.0501 e. The number of hydrogen-bond donors (Lipinski definition) is 1. The first kappa shape index (κ1) is 12.3. The van der Waals surface area contributed by atoms with Crippen LogP contribution in [0.5, 0.6) is 0 Å². The summed E-state index contributed by atoms with van der Waals surface area (Å²) in [5.74, 6) is 1.60. The second-order valence-corrected chi connectivity index (χ2v) is 5.92. The van der Waals surface area contributed by atoms with Crippen LogP contribution in [-0.2, 0) is 4.74 Å². The van der Waals surface area contributed by atoms with Gasteiger partial charge in [-0.1, -0.05) is 13.8 Å². The highest BCUT2D eigenvalue weighted by atomic mass is 16.5. The molecule has 2 aliphatic heterocycles. The summed E-state index contributed by atoms with van der Waals surface area (Å²) in [6.07, 6.45) is 2.03. The molecular formula is C13H25NO2. The summed E-state index contributed by atoms with van der Waals surface area (Å²) in [7, 11) is 0. The molecule has 94 valence electrons. The molecule has 0 spiro atoms. The molecule has 2 aliphatic rings. The van der Waals surface area contributed by atoms with Crippen molar-refractivity contribution in [2.45, 2.75) is 26.7 Å². The van der Waals surface area contributed by atoms with Crippen LogP contribution in [0.2, 0.25) is 0 Å². The Morgan fingerprint density at radius 2 is 1.75 bits per heavy atom. The summed E-state index contributed by atoms with van der Waals surface area (Å²) in [5, 5.41) is 9.65. The smallest absolute Gasteiger partial charge is 0.0501 e. The fraction of sp³-hybridized carbons (Fsp3) is 1.00. The molecular weight excluding hydrogens is 202 g/mol. The molecule has 3 heteroatoms. The van der Waals surface area contributed by atoms with Crippen molar-refractivity contribution in [1.29, 1.82) is 0 Å². The summed E-state index contributed by atoms with van der Waals surface area (Å²) in [4.78, 5) is 2.54. The molecule has 2 unspecified atom stereocenters. The molecule has 0 aromatic rings. The zero-order valence-electron chi connectivity index (χ0n) is 10.6. The molecule has 0 aromatic heterocycles. The van der Waals surface area contributed by atoms with Crippen molar-refractivity contribution in [1.82, 2.24) is 4.90 Å². The van der Waals surface area contributed by atoms with Gasteiger partial charge in [-0.3, -0.25) is 0 Å². The van der Waals surface area contributed by atoms with Crippen LogP contribution in [0.25, 0.3) is 0 Å². The van der Waals surface area contributed by atoms with E-state index in [2.05, 4.69) is 18.7 Å².